The molecule has 0 radical (unpaired) electrons. The number of halogens is 1. The second kappa shape index (κ2) is 7.40. The van der Waals surface area contributed by atoms with Gasteiger partial charge in [0.15, 0.2) is 0 Å². The van der Waals surface area contributed by atoms with E-state index in [2.05, 4.69) is 32.3 Å². The van der Waals surface area contributed by atoms with Crippen molar-refractivity contribution in [3.05, 3.63) is 75.3 Å². The van der Waals surface area contributed by atoms with Crippen molar-refractivity contribution in [1.29, 1.82) is 0 Å². The lowest BCUT2D eigenvalue weighted by atomic mass is 9.92. The van der Waals surface area contributed by atoms with Gasteiger partial charge in [-0.25, -0.2) is 4.39 Å². The van der Waals surface area contributed by atoms with Gasteiger partial charge < -0.3 is 5.11 Å². The van der Waals surface area contributed by atoms with Gasteiger partial charge in [0.1, 0.15) is 22.7 Å². The third kappa shape index (κ3) is 3.24. The Labute approximate surface area is 177 Å². The fourth-order valence-electron chi connectivity index (χ4n) is 4.27. The summed E-state index contributed by atoms with van der Waals surface area (Å²) in [6, 6.07) is 12.3. The molecule has 0 unspecified atom stereocenters. The van der Waals surface area contributed by atoms with E-state index in [0.717, 1.165) is 23.2 Å². The minimum atomic E-state index is -0.505. The molecule has 0 aliphatic carbocycles. The number of para-hydroxylation sites is 1. The Morgan fingerprint density at radius 2 is 2.06 bits per heavy atom. The third-order valence-corrected chi connectivity index (χ3v) is 6.03. The van der Waals surface area contributed by atoms with Crippen LogP contribution in [0.15, 0.2) is 47.3 Å². The number of nitrogens with one attached hydrogen (secondary N) is 1. The molecule has 5 rings (SSSR count). The van der Waals surface area contributed by atoms with E-state index in [9.17, 15) is 14.3 Å². The van der Waals surface area contributed by atoms with E-state index in [-0.39, 0.29) is 18.3 Å². The molecule has 4 aromatic rings. The number of aromatic nitrogens is 4. The topological polar surface area (TPSA) is 87.0 Å². The van der Waals surface area contributed by atoms with E-state index in [1.165, 1.54) is 23.3 Å². The molecule has 1 atom stereocenters. The van der Waals surface area contributed by atoms with E-state index in [0.29, 0.717) is 22.3 Å². The van der Waals surface area contributed by atoms with Crippen LogP contribution < -0.4 is 5.56 Å². The molecule has 0 spiro atoms. The molecular formula is C23H22FN5O2. The number of hydrogen-bond acceptors (Lipinski definition) is 5. The highest BCUT2D eigenvalue weighted by atomic mass is 19.1. The van der Waals surface area contributed by atoms with Gasteiger partial charge in [-0.2, -0.15) is 14.9 Å². The Bertz CT molecular complexity index is 1340. The highest BCUT2D eigenvalue weighted by molar-refractivity contribution is 5.89. The van der Waals surface area contributed by atoms with Gasteiger partial charge in [-0.1, -0.05) is 24.3 Å². The monoisotopic (exact) mass is 419 g/mol. The standard InChI is InChI=1S/C23H22FN5O2/c1-13-4-3-5-18(24)23(13)29-20(31)10-19-22(27-29)21(26-25-19)15-7-6-14-9-17(12-30)28(2)11-16(14)8-15/h3-8,10,17,25,30H,9,11-12H2,1-2H3/t17-/m1/s1. The number of benzene rings is 2. The van der Waals surface area contributed by atoms with Crippen molar-refractivity contribution >= 4 is 11.0 Å². The van der Waals surface area contributed by atoms with Gasteiger partial charge in [0.25, 0.3) is 5.56 Å². The molecule has 0 saturated heterocycles. The summed E-state index contributed by atoms with van der Waals surface area (Å²) >= 11 is 0. The van der Waals surface area contributed by atoms with Crippen LogP contribution in [0, 0.1) is 12.7 Å². The minimum absolute atomic E-state index is 0.115. The maximum atomic E-state index is 14.5. The van der Waals surface area contributed by atoms with Crippen molar-refractivity contribution in [3.8, 4) is 16.9 Å². The number of nitrogens with zero attached hydrogens (tertiary/aromatic N) is 4. The summed E-state index contributed by atoms with van der Waals surface area (Å²) < 4.78 is 15.6. The van der Waals surface area contributed by atoms with E-state index < -0.39 is 11.4 Å². The Morgan fingerprint density at radius 3 is 2.84 bits per heavy atom. The fourth-order valence-corrected chi connectivity index (χ4v) is 4.27. The third-order valence-electron chi connectivity index (χ3n) is 6.03. The van der Waals surface area contributed by atoms with E-state index >= 15 is 0 Å². The van der Waals surface area contributed by atoms with Crippen LogP contribution in [-0.4, -0.2) is 49.7 Å². The van der Waals surface area contributed by atoms with Gasteiger partial charge in [0.05, 0.1) is 12.1 Å². The number of aliphatic hydroxyl groups is 1. The van der Waals surface area contributed by atoms with Crippen LogP contribution in [0.2, 0.25) is 0 Å². The van der Waals surface area contributed by atoms with Crippen LogP contribution in [0.1, 0.15) is 16.7 Å². The lowest BCUT2D eigenvalue weighted by Crippen LogP contribution is -2.39. The van der Waals surface area contributed by atoms with Crippen LogP contribution in [-0.2, 0) is 13.0 Å². The molecule has 3 heterocycles. The van der Waals surface area contributed by atoms with Crippen molar-refractivity contribution < 1.29 is 9.50 Å². The molecule has 1 aliphatic heterocycles. The number of aliphatic hydroxyl groups excluding tert-OH is 1. The highest BCUT2D eigenvalue weighted by Crippen LogP contribution is 2.30. The normalized spacial score (nSPS) is 16.6. The Kier molecular flexibility index (Phi) is 4.68. The average molecular weight is 419 g/mol. The molecule has 0 saturated carbocycles. The van der Waals surface area contributed by atoms with Gasteiger partial charge in [0.2, 0.25) is 0 Å². The molecule has 31 heavy (non-hydrogen) atoms. The van der Waals surface area contributed by atoms with Gasteiger partial charge in [-0.05, 0) is 49.2 Å². The molecule has 2 N–H and O–H groups in total. The minimum Gasteiger partial charge on any atom is -0.395 e. The van der Waals surface area contributed by atoms with Gasteiger partial charge >= 0.3 is 0 Å². The number of aromatic amines is 1. The number of aryl methyl sites for hydroxylation is 1. The van der Waals surface area contributed by atoms with Crippen LogP contribution in [0.3, 0.4) is 0 Å². The number of likely N-dealkylation sites (N-methyl/N-ethyl adjacent to an activating group) is 1. The van der Waals surface area contributed by atoms with Crippen molar-refractivity contribution in [1.82, 2.24) is 24.9 Å². The maximum absolute atomic E-state index is 14.5. The Hall–Kier alpha value is -3.36. The molecule has 1 aliphatic rings. The van der Waals surface area contributed by atoms with Crippen molar-refractivity contribution in [3.63, 3.8) is 0 Å². The van der Waals surface area contributed by atoms with E-state index in [1.54, 1.807) is 19.1 Å². The summed E-state index contributed by atoms with van der Waals surface area (Å²) in [7, 11) is 2.00. The molecule has 0 amide bonds. The number of rotatable bonds is 3. The lowest BCUT2D eigenvalue weighted by Gasteiger charge is -2.33. The summed E-state index contributed by atoms with van der Waals surface area (Å²) in [5, 5.41) is 21.3. The van der Waals surface area contributed by atoms with Gasteiger partial charge in [0, 0.05) is 24.2 Å². The van der Waals surface area contributed by atoms with Crippen LogP contribution in [0.5, 0.6) is 0 Å². The highest BCUT2D eigenvalue weighted by Gasteiger charge is 2.24. The fraction of sp³-hybridized carbons (Fsp3) is 0.261. The summed E-state index contributed by atoms with van der Waals surface area (Å²) in [5.74, 6) is -0.505. The van der Waals surface area contributed by atoms with Crippen molar-refractivity contribution in [2.45, 2.75) is 25.9 Å². The predicted octanol–water partition coefficient (Wildman–Crippen LogP) is 2.57. The van der Waals surface area contributed by atoms with Crippen molar-refractivity contribution in [2.24, 2.45) is 0 Å². The zero-order valence-electron chi connectivity index (χ0n) is 17.3. The second-order valence-corrected chi connectivity index (χ2v) is 8.07. The van der Waals surface area contributed by atoms with Crippen molar-refractivity contribution in [2.75, 3.05) is 13.7 Å². The van der Waals surface area contributed by atoms with E-state index in [4.69, 9.17) is 0 Å². The summed E-state index contributed by atoms with van der Waals surface area (Å²) in [6.45, 7) is 2.59. The SMILES string of the molecule is Cc1cccc(F)c1-n1nc2c(-c3ccc4c(c3)CN(C)[C@@H](CO)C4)n[nH]c2cc1=O. The Morgan fingerprint density at radius 1 is 1.23 bits per heavy atom. The van der Waals surface area contributed by atoms with Crippen LogP contribution >= 0.6 is 0 Å². The smallest absolute Gasteiger partial charge is 0.273 e. The molecule has 7 nitrogen and oxygen atoms in total. The molecule has 158 valence electrons. The zero-order valence-corrected chi connectivity index (χ0v) is 17.3. The first kappa shape index (κ1) is 19.6. The summed E-state index contributed by atoms with van der Waals surface area (Å²) in [4.78, 5) is 14.8. The quantitative estimate of drug-likeness (QED) is 0.533. The summed E-state index contributed by atoms with van der Waals surface area (Å²) in [5.41, 5.74) is 5.17. The van der Waals surface area contributed by atoms with E-state index in [1.807, 2.05) is 13.1 Å². The van der Waals surface area contributed by atoms with Gasteiger partial charge in [-0.15, -0.1) is 0 Å². The Balaban J connectivity index is 1.64. The van der Waals surface area contributed by atoms with Crippen LogP contribution in [0.4, 0.5) is 4.39 Å². The zero-order chi connectivity index (χ0) is 21.7. The second-order valence-electron chi connectivity index (χ2n) is 8.07. The molecular weight excluding hydrogens is 397 g/mol. The largest absolute Gasteiger partial charge is 0.395 e. The molecule has 2 aromatic carbocycles. The van der Waals surface area contributed by atoms with Gasteiger partial charge in [-0.3, -0.25) is 14.8 Å². The average Bonchev–Trinajstić information content (AvgIpc) is 3.15. The number of hydrogen-bond donors (Lipinski definition) is 2. The molecule has 0 fully saturated rings. The molecule has 8 heteroatoms. The van der Waals surface area contributed by atoms with Crippen LogP contribution in [0.25, 0.3) is 28.0 Å². The lowest BCUT2D eigenvalue weighted by molar-refractivity contribution is 0.131. The first-order chi connectivity index (χ1) is 15.0. The number of fused-ring (bicyclic) bond motifs is 2. The maximum Gasteiger partial charge on any atom is 0.273 e. The first-order valence-corrected chi connectivity index (χ1v) is 10.1. The summed E-state index contributed by atoms with van der Waals surface area (Å²) in [6.07, 6.45) is 0.786. The first-order valence-electron chi connectivity index (χ1n) is 10.1. The number of H-pyrrole nitrogens is 1. The predicted molar refractivity (Wildman–Crippen MR) is 116 cm³/mol. The molecule has 0 bridgehead atoms. The molecule has 2 aromatic heterocycles.